The fraction of sp³-hybridized carbons (Fsp3) is 0.227. The number of benzene rings is 2. The maximum atomic E-state index is 13.9. The number of carbonyl (C=O) groups excluding carboxylic acids is 2. The summed E-state index contributed by atoms with van der Waals surface area (Å²) >= 11 is 0. The average molecular weight is 392 g/mol. The normalized spacial score (nSPS) is 13.3. The van der Waals surface area contributed by atoms with Crippen LogP contribution in [0.25, 0.3) is 0 Å². The molecular weight excluding hydrogens is 371 g/mol. The molecule has 0 unspecified atom stereocenters. The van der Waals surface area contributed by atoms with Crippen LogP contribution in [0, 0.1) is 5.82 Å². The Hall–Kier alpha value is -3.48. The van der Waals surface area contributed by atoms with Crippen molar-refractivity contribution in [2.75, 3.05) is 13.1 Å². The third kappa shape index (κ3) is 4.18. The van der Waals surface area contributed by atoms with Gasteiger partial charge in [0, 0.05) is 31.3 Å². The molecule has 0 fully saturated rings. The first-order valence-corrected chi connectivity index (χ1v) is 9.54. The molecule has 7 heteroatoms. The highest BCUT2D eigenvalue weighted by Crippen LogP contribution is 2.18. The molecule has 0 atom stereocenters. The number of rotatable bonds is 6. The van der Waals surface area contributed by atoms with Crippen LogP contribution in [0.3, 0.4) is 0 Å². The fourth-order valence-electron chi connectivity index (χ4n) is 3.39. The Morgan fingerprint density at radius 1 is 1.07 bits per heavy atom. The Balaban J connectivity index is 1.40. The van der Waals surface area contributed by atoms with Gasteiger partial charge in [-0.05, 0) is 18.1 Å². The summed E-state index contributed by atoms with van der Waals surface area (Å²) in [4.78, 5) is 26.8. The predicted molar refractivity (Wildman–Crippen MR) is 106 cm³/mol. The summed E-state index contributed by atoms with van der Waals surface area (Å²) in [5.74, 6) is -0.899. The topological polar surface area (TPSA) is 67.2 Å². The van der Waals surface area contributed by atoms with Crippen molar-refractivity contribution in [2.24, 2.45) is 0 Å². The Bertz CT molecular complexity index is 1030. The van der Waals surface area contributed by atoms with Crippen molar-refractivity contribution in [1.82, 2.24) is 20.0 Å². The molecule has 0 radical (unpaired) electrons. The van der Waals surface area contributed by atoms with E-state index in [1.54, 1.807) is 27.8 Å². The highest BCUT2D eigenvalue weighted by molar-refractivity contribution is 5.98. The van der Waals surface area contributed by atoms with Gasteiger partial charge in [0.2, 0.25) is 0 Å². The fourth-order valence-corrected chi connectivity index (χ4v) is 3.39. The summed E-state index contributed by atoms with van der Waals surface area (Å²) < 4.78 is 15.5. The summed E-state index contributed by atoms with van der Waals surface area (Å²) in [6.45, 7) is 1.55. The molecule has 0 bridgehead atoms. The summed E-state index contributed by atoms with van der Waals surface area (Å²) in [5, 5.41) is 7.11. The van der Waals surface area contributed by atoms with Gasteiger partial charge in [0.05, 0.1) is 6.54 Å². The van der Waals surface area contributed by atoms with Gasteiger partial charge in [0.1, 0.15) is 11.5 Å². The van der Waals surface area contributed by atoms with Crippen LogP contribution >= 0.6 is 0 Å². The summed E-state index contributed by atoms with van der Waals surface area (Å²) in [6, 6.07) is 17.8. The van der Waals surface area contributed by atoms with Crippen LogP contribution in [-0.2, 0) is 19.5 Å². The minimum atomic E-state index is -0.335. The average Bonchev–Trinajstić information content (AvgIpc) is 3.18. The molecule has 6 nitrogen and oxygen atoms in total. The minimum Gasteiger partial charge on any atom is -0.350 e. The number of fused-ring (bicyclic) bond motifs is 1. The number of amides is 2. The maximum Gasteiger partial charge on any atom is 0.272 e. The van der Waals surface area contributed by atoms with Crippen molar-refractivity contribution in [2.45, 2.75) is 19.5 Å². The molecule has 29 heavy (non-hydrogen) atoms. The van der Waals surface area contributed by atoms with E-state index in [1.807, 2.05) is 30.3 Å². The molecule has 0 aliphatic carbocycles. The predicted octanol–water partition coefficient (Wildman–Crippen LogP) is 2.65. The lowest BCUT2D eigenvalue weighted by molar-refractivity contribution is 0.0681. The number of hydrogen-bond acceptors (Lipinski definition) is 3. The van der Waals surface area contributed by atoms with Crippen LogP contribution in [0.5, 0.6) is 0 Å². The lowest BCUT2D eigenvalue weighted by atomic mass is 10.1. The molecule has 148 valence electrons. The second-order valence-electron chi connectivity index (χ2n) is 6.95. The molecule has 0 saturated carbocycles. The molecule has 2 aromatic carbocycles. The zero-order valence-corrected chi connectivity index (χ0v) is 15.8. The van der Waals surface area contributed by atoms with Crippen molar-refractivity contribution in [3.63, 3.8) is 0 Å². The SMILES string of the molecule is O=C(NCCc1ccccc1)c1cc2n(n1)CCN(Cc1ccccc1F)C2=O. The van der Waals surface area contributed by atoms with Gasteiger partial charge in [-0.25, -0.2) is 4.39 Å². The van der Waals surface area contributed by atoms with Gasteiger partial charge in [-0.3, -0.25) is 14.3 Å². The second-order valence-corrected chi connectivity index (χ2v) is 6.95. The lowest BCUT2D eigenvalue weighted by Crippen LogP contribution is -2.40. The maximum absolute atomic E-state index is 13.9. The monoisotopic (exact) mass is 392 g/mol. The number of aromatic nitrogens is 2. The first-order valence-electron chi connectivity index (χ1n) is 9.54. The molecule has 1 N–H and O–H groups in total. The Labute approximate surface area is 167 Å². The summed E-state index contributed by atoms with van der Waals surface area (Å²) in [6.07, 6.45) is 0.718. The largest absolute Gasteiger partial charge is 0.350 e. The number of nitrogens with one attached hydrogen (secondary N) is 1. The third-order valence-electron chi connectivity index (χ3n) is 4.96. The highest BCUT2D eigenvalue weighted by atomic mass is 19.1. The zero-order valence-electron chi connectivity index (χ0n) is 15.8. The van der Waals surface area contributed by atoms with Crippen molar-refractivity contribution < 1.29 is 14.0 Å². The molecule has 1 aliphatic rings. The molecular formula is C22H21FN4O2. The van der Waals surface area contributed by atoms with Crippen LogP contribution in [0.4, 0.5) is 4.39 Å². The van der Waals surface area contributed by atoms with Crippen LogP contribution in [0.1, 0.15) is 32.1 Å². The van der Waals surface area contributed by atoms with E-state index in [0.717, 1.165) is 12.0 Å². The lowest BCUT2D eigenvalue weighted by Gasteiger charge is -2.27. The standard InChI is InChI=1S/C22H21FN4O2/c23-18-9-5-4-8-17(18)15-26-12-13-27-20(22(26)29)14-19(25-27)21(28)24-11-10-16-6-2-1-3-7-16/h1-9,14H,10-13,15H2,(H,24,28). The Morgan fingerprint density at radius 2 is 1.83 bits per heavy atom. The minimum absolute atomic E-state index is 0.190. The first-order chi connectivity index (χ1) is 14.1. The van der Waals surface area contributed by atoms with E-state index in [2.05, 4.69) is 10.4 Å². The second kappa shape index (κ2) is 8.26. The number of carbonyl (C=O) groups is 2. The molecule has 1 aliphatic heterocycles. The van der Waals surface area contributed by atoms with E-state index >= 15 is 0 Å². The van der Waals surface area contributed by atoms with Crippen molar-refractivity contribution >= 4 is 11.8 Å². The van der Waals surface area contributed by atoms with Crippen molar-refractivity contribution in [3.8, 4) is 0 Å². The van der Waals surface area contributed by atoms with Gasteiger partial charge in [-0.2, -0.15) is 5.10 Å². The van der Waals surface area contributed by atoms with Gasteiger partial charge >= 0.3 is 0 Å². The van der Waals surface area contributed by atoms with Crippen LogP contribution in [-0.4, -0.2) is 39.6 Å². The van der Waals surface area contributed by atoms with E-state index in [1.165, 1.54) is 12.1 Å². The molecule has 4 rings (SSSR count). The van der Waals surface area contributed by atoms with Crippen LogP contribution in [0.2, 0.25) is 0 Å². The number of halogens is 1. The van der Waals surface area contributed by atoms with E-state index in [4.69, 9.17) is 0 Å². The van der Waals surface area contributed by atoms with Gasteiger partial charge in [-0.1, -0.05) is 48.5 Å². The Morgan fingerprint density at radius 3 is 2.62 bits per heavy atom. The zero-order chi connectivity index (χ0) is 20.2. The van der Waals surface area contributed by atoms with Gasteiger partial charge in [0.15, 0.2) is 5.69 Å². The molecule has 0 spiro atoms. The molecule has 3 aromatic rings. The molecule has 0 saturated heterocycles. The summed E-state index contributed by atoms with van der Waals surface area (Å²) in [5.41, 5.74) is 2.17. The van der Waals surface area contributed by atoms with Gasteiger partial charge in [-0.15, -0.1) is 0 Å². The van der Waals surface area contributed by atoms with E-state index in [-0.39, 0.29) is 29.9 Å². The van der Waals surface area contributed by atoms with Gasteiger partial charge in [0.25, 0.3) is 11.8 Å². The highest BCUT2D eigenvalue weighted by Gasteiger charge is 2.28. The van der Waals surface area contributed by atoms with Crippen molar-refractivity contribution in [3.05, 3.63) is 89.0 Å². The Kier molecular flexibility index (Phi) is 5.37. The quantitative estimate of drug-likeness (QED) is 0.701. The van der Waals surface area contributed by atoms with Crippen LogP contribution < -0.4 is 5.32 Å². The number of hydrogen-bond donors (Lipinski definition) is 1. The first kappa shape index (κ1) is 18.9. The van der Waals surface area contributed by atoms with E-state index in [0.29, 0.717) is 30.9 Å². The molecule has 2 amide bonds. The molecule has 1 aromatic heterocycles. The van der Waals surface area contributed by atoms with Crippen LogP contribution in [0.15, 0.2) is 60.7 Å². The summed E-state index contributed by atoms with van der Waals surface area (Å²) in [7, 11) is 0. The molecule has 2 heterocycles. The number of nitrogens with zero attached hydrogens (tertiary/aromatic N) is 3. The third-order valence-corrected chi connectivity index (χ3v) is 4.96. The van der Waals surface area contributed by atoms with E-state index in [9.17, 15) is 14.0 Å². The van der Waals surface area contributed by atoms with E-state index < -0.39 is 0 Å². The van der Waals surface area contributed by atoms with Gasteiger partial charge < -0.3 is 10.2 Å². The van der Waals surface area contributed by atoms with Crippen molar-refractivity contribution in [1.29, 1.82) is 0 Å². The smallest absolute Gasteiger partial charge is 0.272 e.